The Hall–Kier alpha value is -1.72. The Morgan fingerprint density at radius 2 is 2.00 bits per heavy atom. The SMILES string of the molecule is CNC(=O)C1=C(N)CN(C(=O)OC(C)(C)C)CC1. The standard InChI is InChI=1S/C12H21N3O3/c1-12(2,3)18-11(17)15-6-5-8(9(13)7-15)10(16)14-4/h5-7,13H2,1-4H3,(H,14,16). The summed E-state index contributed by atoms with van der Waals surface area (Å²) in [5, 5.41) is 2.54. The summed E-state index contributed by atoms with van der Waals surface area (Å²) in [5.41, 5.74) is 6.26. The van der Waals surface area contributed by atoms with Gasteiger partial charge in [0.2, 0.25) is 5.91 Å². The molecule has 0 aromatic carbocycles. The highest BCUT2D eigenvalue weighted by Crippen LogP contribution is 2.17. The summed E-state index contributed by atoms with van der Waals surface area (Å²) >= 11 is 0. The summed E-state index contributed by atoms with van der Waals surface area (Å²) in [5.74, 6) is -0.184. The van der Waals surface area contributed by atoms with Crippen LogP contribution in [0, 0.1) is 0 Å². The molecule has 0 fully saturated rings. The average molecular weight is 255 g/mol. The minimum Gasteiger partial charge on any atom is -0.444 e. The van der Waals surface area contributed by atoms with Crippen LogP contribution < -0.4 is 11.1 Å². The van der Waals surface area contributed by atoms with Crippen LogP contribution in [0.1, 0.15) is 27.2 Å². The number of hydrogen-bond acceptors (Lipinski definition) is 4. The lowest BCUT2D eigenvalue weighted by Gasteiger charge is -2.31. The second-order valence-electron chi connectivity index (χ2n) is 5.23. The summed E-state index contributed by atoms with van der Waals surface area (Å²) in [6.45, 7) is 6.11. The third-order valence-corrected chi connectivity index (χ3v) is 2.53. The van der Waals surface area contributed by atoms with Gasteiger partial charge in [-0.25, -0.2) is 4.79 Å². The van der Waals surface area contributed by atoms with Gasteiger partial charge in [0.15, 0.2) is 0 Å². The quantitative estimate of drug-likeness (QED) is 0.718. The van der Waals surface area contributed by atoms with E-state index >= 15 is 0 Å². The number of rotatable bonds is 1. The Labute approximate surface area is 107 Å². The summed E-state index contributed by atoms with van der Waals surface area (Å²) in [4.78, 5) is 24.8. The van der Waals surface area contributed by atoms with Crippen molar-refractivity contribution in [2.24, 2.45) is 5.73 Å². The number of carbonyl (C=O) groups is 2. The largest absolute Gasteiger partial charge is 0.444 e. The molecule has 1 rings (SSSR count). The van der Waals surface area contributed by atoms with Crippen molar-refractivity contribution in [2.75, 3.05) is 20.1 Å². The lowest BCUT2D eigenvalue weighted by Crippen LogP contribution is -2.43. The number of nitrogens with two attached hydrogens (primary N) is 1. The summed E-state index contributed by atoms with van der Waals surface area (Å²) in [6.07, 6.45) is 0.0477. The molecule has 0 aromatic heterocycles. The maximum absolute atomic E-state index is 11.8. The van der Waals surface area contributed by atoms with Crippen molar-refractivity contribution in [3.05, 3.63) is 11.3 Å². The number of ether oxygens (including phenoxy) is 1. The molecule has 3 N–H and O–H groups in total. The predicted molar refractivity (Wildman–Crippen MR) is 67.7 cm³/mol. The van der Waals surface area contributed by atoms with Crippen molar-refractivity contribution in [2.45, 2.75) is 32.8 Å². The van der Waals surface area contributed by atoms with E-state index in [0.717, 1.165) is 0 Å². The van der Waals surface area contributed by atoms with Crippen LogP contribution in [-0.4, -0.2) is 42.6 Å². The molecular formula is C12H21N3O3. The van der Waals surface area contributed by atoms with Crippen LogP contribution >= 0.6 is 0 Å². The number of nitrogens with zero attached hydrogens (tertiary/aromatic N) is 1. The Morgan fingerprint density at radius 3 is 2.44 bits per heavy atom. The molecule has 6 heteroatoms. The zero-order valence-electron chi connectivity index (χ0n) is 11.4. The van der Waals surface area contributed by atoms with Gasteiger partial charge in [-0.3, -0.25) is 4.79 Å². The number of hydrogen-bond donors (Lipinski definition) is 2. The first kappa shape index (κ1) is 14.3. The van der Waals surface area contributed by atoms with Gasteiger partial charge < -0.3 is 20.7 Å². The van der Waals surface area contributed by atoms with Crippen molar-refractivity contribution in [3.63, 3.8) is 0 Å². The van der Waals surface area contributed by atoms with Gasteiger partial charge in [-0.05, 0) is 27.2 Å². The van der Waals surface area contributed by atoms with Crippen LogP contribution in [-0.2, 0) is 9.53 Å². The smallest absolute Gasteiger partial charge is 0.410 e. The van der Waals surface area contributed by atoms with E-state index in [0.29, 0.717) is 24.2 Å². The first-order valence-electron chi connectivity index (χ1n) is 5.92. The Kier molecular flexibility index (Phi) is 4.21. The predicted octanol–water partition coefficient (Wildman–Crippen LogP) is 0.586. The molecule has 0 aliphatic carbocycles. The van der Waals surface area contributed by atoms with E-state index in [1.807, 2.05) is 20.8 Å². The van der Waals surface area contributed by atoms with E-state index in [9.17, 15) is 9.59 Å². The van der Waals surface area contributed by atoms with Crippen LogP contribution in [0.5, 0.6) is 0 Å². The molecule has 102 valence electrons. The number of nitrogens with one attached hydrogen (secondary N) is 1. The third kappa shape index (κ3) is 3.65. The minimum absolute atomic E-state index is 0.184. The van der Waals surface area contributed by atoms with Crippen molar-refractivity contribution in [1.29, 1.82) is 0 Å². The van der Waals surface area contributed by atoms with Crippen molar-refractivity contribution >= 4 is 12.0 Å². The molecule has 0 radical (unpaired) electrons. The van der Waals surface area contributed by atoms with E-state index in [4.69, 9.17) is 10.5 Å². The molecule has 1 heterocycles. The molecular weight excluding hydrogens is 234 g/mol. The van der Waals surface area contributed by atoms with Crippen LogP contribution in [0.2, 0.25) is 0 Å². The van der Waals surface area contributed by atoms with Gasteiger partial charge in [0.1, 0.15) is 5.60 Å². The average Bonchev–Trinajstić information content (AvgIpc) is 2.25. The van der Waals surface area contributed by atoms with Crippen LogP contribution in [0.15, 0.2) is 11.3 Å². The Bertz CT molecular complexity index is 383. The van der Waals surface area contributed by atoms with E-state index < -0.39 is 11.7 Å². The fourth-order valence-electron chi connectivity index (χ4n) is 1.68. The third-order valence-electron chi connectivity index (χ3n) is 2.53. The second kappa shape index (κ2) is 5.29. The number of amides is 2. The van der Waals surface area contributed by atoms with Crippen molar-refractivity contribution < 1.29 is 14.3 Å². The second-order valence-corrected chi connectivity index (χ2v) is 5.23. The maximum Gasteiger partial charge on any atom is 0.410 e. The maximum atomic E-state index is 11.8. The molecule has 0 unspecified atom stereocenters. The zero-order valence-corrected chi connectivity index (χ0v) is 11.4. The van der Waals surface area contributed by atoms with Gasteiger partial charge >= 0.3 is 6.09 Å². The summed E-state index contributed by atoms with van der Waals surface area (Å²) in [6, 6.07) is 0. The van der Waals surface area contributed by atoms with Crippen LogP contribution in [0.25, 0.3) is 0 Å². The lowest BCUT2D eigenvalue weighted by molar-refractivity contribution is -0.117. The van der Waals surface area contributed by atoms with E-state index in [1.54, 1.807) is 7.05 Å². The van der Waals surface area contributed by atoms with E-state index in [2.05, 4.69) is 5.32 Å². The van der Waals surface area contributed by atoms with Crippen molar-refractivity contribution in [1.82, 2.24) is 10.2 Å². The topological polar surface area (TPSA) is 84.7 Å². The molecule has 0 saturated carbocycles. The molecule has 0 spiro atoms. The van der Waals surface area contributed by atoms with Gasteiger partial charge in [0, 0.05) is 24.9 Å². The monoisotopic (exact) mass is 255 g/mol. The molecule has 18 heavy (non-hydrogen) atoms. The molecule has 0 atom stereocenters. The van der Waals surface area contributed by atoms with E-state index in [1.165, 1.54) is 4.90 Å². The normalized spacial score (nSPS) is 16.6. The fraction of sp³-hybridized carbons (Fsp3) is 0.667. The molecule has 2 amide bonds. The first-order chi connectivity index (χ1) is 8.24. The highest BCUT2D eigenvalue weighted by Gasteiger charge is 2.27. The summed E-state index contributed by atoms with van der Waals surface area (Å²) < 4.78 is 5.26. The molecule has 0 bridgehead atoms. The lowest BCUT2D eigenvalue weighted by atomic mass is 10.1. The van der Waals surface area contributed by atoms with Crippen LogP contribution in [0.3, 0.4) is 0 Å². The Balaban J connectivity index is 2.69. The van der Waals surface area contributed by atoms with Gasteiger partial charge in [-0.15, -0.1) is 0 Å². The summed E-state index contributed by atoms with van der Waals surface area (Å²) in [7, 11) is 1.56. The van der Waals surface area contributed by atoms with E-state index in [-0.39, 0.29) is 12.5 Å². The number of likely N-dealkylation sites (N-methyl/N-ethyl adjacent to an activating group) is 1. The van der Waals surface area contributed by atoms with Crippen LogP contribution in [0.4, 0.5) is 4.79 Å². The molecule has 6 nitrogen and oxygen atoms in total. The van der Waals surface area contributed by atoms with Gasteiger partial charge in [0.05, 0.1) is 6.54 Å². The Morgan fingerprint density at radius 1 is 1.39 bits per heavy atom. The van der Waals surface area contributed by atoms with Gasteiger partial charge in [0.25, 0.3) is 0 Å². The first-order valence-corrected chi connectivity index (χ1v) is 5.92. The fourth-order valence-corrected chi connectivity index (χ4v) is 1.68. The molecule has 0 saturated heterocycles. The molecule has 0 aromatic rings. The zero-order chi connectivity index (χ0) is 13.9. The molecule has 1 aliphatic heterocycles. The number of carbonyl (C=O) groups excluding carboxylic acids is 2. The van der Waals surface area contributed by atoms with Gasteiger partial charge in [-0.1, -0.05) is 0 Å². The van der Waals surface area contributed by atoms with Crippen molar-refractivity contribution in [3.8, 4) is 0 Å². The minimum atomic E-state index is -0.531. The highest BCUT2D eigenvalue weighted by atomic mass is 16.6. The highest BCUT2D eigenvalue weighted by molar-refractivity contribution is 5.94. The van der Waals surface area contributed by atoms with Gasteiger partial charge in [-0.2, -0.15) is 0 Å². The molecule has 1 aliphatic rings.